The number of aliphatic hydroxyl groups is 2. The Morgan fingerprint density at radius 3 is 2.70 bits per heavy atom. The topological polar surface area (TPSA) is 90.2 Å². The van der Waals surface area contributed by atoms with Crippen LogP contribution in [0, 0.1) is 6.92 Å². The smallest absolute Gasteiger partial charge is 0.254 e. The van der Waals surface area contributed by atoms with Gasteiger partial charge in [0.25, 0.3) is 5.91 Å². The number of phenols is 1. The Bertz CT molecular complexity index is 595. The van der Waals surface area contributed by atoms with Crippen molar-refractivity contribution in [3.8, 4) is 5.75 Å². The first kappa shape index (κ1) is 16.2. The van der Waals surface area contributed by atoms with Gasteiger partial charge in [0.05, 0.1) is 18.3 Å². The van der Waals surface area contributed by atoms with Crippen LogP contribution in [0.1, 0.15) is 35.2 Å². The fourth-order valence-electron chi connectivity index (χ4n) is 3.53. The maximum atomic E-state index is 12.7. The van der Waals surface area contributed by atoms with Crippen LogP contribution >= 0.6 is 0 Å². The molecular weight excluding hydrogens is 298 g/mol. The van der Waals surface area contributed by atoms with Gasteiger partial charge in [-0.1, -0.05) is 6.07 Å². The summed E-state index contributed by atoms with van der Waals surface area (Å²) in [6.45, 7) is 3.06. The van der Waals surface area contributed by atoms with E-state index < -0.39 is 17.8 Å². The van der Waals surface area contributed by atoms with Gasteiger partial charge in [-0.2, -0.15) is 0 Å². The van der Waals surface area contributed by atoms with Crippen molar-refractivity contribution in [2.75, 3.05) is 19.7 Å². The molecule has 126 valence electrons. The van der Waals surface area contributed by atoms with Crippen LogP contribution in [0.5, 0.6) is 5.75 Å². The number of aliphatic hydroxyl groups excluding tert-OH is 2. The number of amides is 1. The van der Waals surface area contributed by atoms with Crippen LogP contribution in [0.25, 0.3) is 0 Å². The maximum Gasteiger partial charge on any atom is 0.254 e. The fourth-order valence-corrected chi connectivity index (χ4v) is 3.53. The Balaban J connectivity index is 1.71. The minimum atomic E-state index is -0.906. The van der Waals surface area contributed by atoms with E-state index in [1.54, 1.807) is 30.0 Å². The predicted molar refractivity (Wildman–Crippen MR) is 83.3 cm³/mol. The molecule has 2 fully saturated rings. The average Bonchev–Trinajstić information content (AvgIpc) is 2.55. The highest BCUT2D eigenvalue weighted by Gasteiger charge is 2.48. The predicted octanol–water partition coefficient (Wildman–Crippen LogP) is 0.818. The summed E-state index contributed by atoms with van der Waals surface area (Å²) < 4.78 is 5.78. The molecule has 2 saturated heterocycles. The normalized spacial score (nSPS) is 27.2. The first-order valence-corrected chi connectivity index (χ1v) is 8.02. The van der Waals surface area contributed by atoms with Crippen molar-refractivity contribution in [2.24, 2.45) is 0 Å². The van der Waals surface area contributed by atoms with Gasteiger partial charge in [-0.05, 0) is 38.3 Å². The number of carbonyl (C=O) groups is 1. The van der Waals surface area contributed by atoms with Crippen molar-refractivity contribution in [2.45, 2.75) is 44.0 Å². The third-order valence-electron chi connectivity index (χ3n) is 5.14. The van der Waals surface area contributed by atoms with E-state index in [4.69, 9.17) is 4.74 Å². The van der Waals surface area contributed by atoms with Crippen LogP contribution in [0.2, 0.25) is 0 Å². The Kier molecular flexibility index (Phi) is 4.31. The summed E-state index contributed by atoms with van der Waals surface area (Å²) in [6.07, 6.45) is -0.243. The summed E-state index contributed by atoms with van der Waals surface area (Å²) in [5.74, 6) is -0.0161. The number of benzene rings is 1. The number of piperidine rings is 1. The number of phenolic OH excluding ortho intramolecular Hbond substituents is 1. The van der Waals surface area contributed by atoms with Gasteiger partial charge in [0.1, 0.15) is 11.9 Å². The van der Waals surface area contributed by atoms with E-state index in [-0.39, 0.29) is 11.7 Å². The van der Waals surface area contributed by atoms with E-state index in [2.05, 4.69) is 0 Å². The lowest BCUT2D eigenvalue weighted by atomic mass is 9.80. The second-order valence-corrected chi connectivity index (χ2v) is 6.46. The quantitative estimate of drug-likeness (QED) is 0.712. The molecular formula is C17H23NO5. The van der Waals surface area contributed by atoms with Crippen LogP contribution in [-0.4, -0.2) is 63.6 Å². The lowest BCUT2D eigenvalue weighted by molar-refractivity contribution is -0.212. The molecule has 1 aromatic carbocycles. The summed E-state index contributed by atoms with van der Waals surface area (Å²) in [6, 6.07) is 4.92. The maximum absolute atomic E-state index is 12.7. The highest BCUT2D eigenvalue weighted by atomic mass is 16.5. The van der Waals surface area contributed by atoms with Gasteiger partial charge in [-0.3, -0.25) is 4.79 Å². The molecule has 0 aliphatic carbocycles. The van der Waals surface area contributed by atoms with E-state index in [9.17, 15) is 20.1 Å². The molecule has 2 aliphatic rings. The summed E-state index contributed by atoms with van der Waals surface area (Å²) in [7, 11) is 0. The second kappa shape index (κ2) is 6.11. The largest absolute Gasteiger partial charge is 0.508 e. The summed E-state index contributed by atoms with van der Waals surface area (Å²) in [5.41, 5.74) is 0.315. The van der Waals surface area contributed by atoms with Gasteiger partial charge in [0.2, 0.25) is 0 Å². The molecule has 0 saturated carbocycles. The Labute approximate surface area is 135 Å². The van der Waals surface area contributed by atoms with Gasteiger partial charge >= 0.3 is 0 Å². The van der Waals surface area contributed by atoms with Crippen molar-refractivity contribution in [3.63, 3.8) is 0 Å². The van der Waals surface area contributed by atoms with Crippen LogP contribution in [0.3, 0.4) is 0 Å². The molecule has 3 rings (SSSR count). The molecule has 2 aliphatic heterocycles. The van der Waals surface area contributed by atoms with E-state index in [0.717, 1.165) is 0 Å². The molecule has 1 aromatic rings. The molecule has 3 N–H and O–H groups in total. The first-order valence-electron chi connectivity index (χ1n) is 8.02. The third-order valence-corrected chi connectivity index (χ3v) is 5.14. The lowest BCUT2D eigenvalue weighted by Gasteiger charge is -2.48. The molecule has 0 unspecified atom stereocenters. The lowest BCUT2D eigenvalue weighted by Crippen LogP contribution is -2.60. The number of likely N-dealkylation sites (tertiary alicyclic amines) is 1. The zero-order valence-corrected chi connectivity index (χ0v) is 13.2. The van der Waals surface area contributed by atoms with Crippen LogP contribution < -0.4 is 0 Å². The van der Waals surface area contributed by atoms with E-state index in [1.165, 1.54) is 0 Å². The molecule has 1 amide bonds. The zero-order chi connectivity index (χ0) is 16.6. The van der Waals surface area contributed by atoms with Crippen molar-refractivity contribution in [1.82, 2.24) is 4.90 Å². The number of ether oxygens (including phenoxy) is 1. The Morgan fingerprint density at radius 2 is 2.00 bits per heavy atom. The van der Waals surface area contributed by atoms with E-state index in [1.807, 2.05) is 0 Å². The second-order valence-electron chi connectivity index (χ2n) is 6.46. The van der Waals surface area contributed by atoms with E-state index in [0.29, 0.717) is 50.1 Å². The van der Waals surface area contributed by atoms with Crippen LogP contribution in [0.15, 0.2) is 18.2 Å². The molecule has 0 bridgehead atoms. The standard InChI is InChI=1S/C17H23NO5/c1-11-12(3-2-4-13(11)19)16(22)18-8-6-17(7-9-18)15(21)14(20)5-10-23-17/h2-4,14-15,19-21H,5-10H2,1H3/t14-,15-/m0/s1. The molecule has 1 spiro atoms. The number of hydrogen-bond acceptors (Lipinski definition) is 5. The Hall–Kier alpha value is -1.63. The SMILES string of the molecule is Cc1c(O)cccc1C(=O)N1CCC2(CC1)OCC[C@H](O)[C@@H]2O. The minimum Gasteiger partial charge on any atom is -0.508 e. The molecule has 6 heteroatoms. The number of rotatable bonds is 1. The first-order chi connectivity index (χ1) is 10.9. The van der Waals surface area contributed by atoms with Gasteiger partial charge in [-0.15, -0.1) is 0 Å². The van der Waals surface area contributed by atoms with Crippen molar-refractivity contribution < 1.29 is 24.9 Å². The zero-order valence-electron chi connectivity index (χ0n) is 13.2. The van der Waals surface area contributed by atoms with Crippen molar-refractivity contribution in [3.05, 3.63) is 29.3 Å². The third kappa shape index (κ3) is 2.82. The molecule has 0 aromatic heterocycles. The minimum absolute atomic E-state index is 0.110. The summed E-state index contributed by atoms with van der Waals surface area (Å²) in [5, 5.41) is 29.9. The van der Waals surface area contributed by atoms with Gasteiger partial charge in [-0.25, -0.2) is 0 Å². The highest BCUT2D eigenvalue weighted by molar-refractivity contribution is 5.96. The number of carbonyl (C=O) groups excluding carboxylic acids is 1. The van der Waals surface area contributed by atoms with Crippen molar-refractivity contribution >= 4 is 5.91 Å². The van der Waals surface area contributed by atoms with Gasteiger partial charge in [0.15, 0.2) is 0 Å². The molecule has 2 atom stereocenters. The number of hydrogen-bond donors (Lipinski definition) is 3. The average molecular weight is 321 g/mol. The van der Waals surface area contributed by atoms with Crippen LogP contribution in [-0.2, 0) is 4.74 Å². The fraction of sp³-hybridized carbons (Fsp3) is 0.588. The van der Waals surface area contributed by atoms with Gasteiger partial charge < -0.3 is 25.0 Å². The van der Waals surface area contributed by atoms with E-state index >= 15 is 0 Å². The number of aromatic hydroxyl groups is 1. The summed E-state index contributed by atoms with van der Waals surface area (Å²) in [4.78, 5) is 14.4. The summed E-state index contributed by atoms with van der Waals surface area (Å²) >= 11 is 0. The number of nitrogens with zero attached hydrogens (tertiary/aromatic N) is 1. The Morgan fingerprint density at radius 1 is 1.30 bits per heavy atom. The monoisotopic (exact) mass is 321 g/mol. The molecule has 2 heterocycles. The van der Waals surface area contributed by atoms with Crippen molar-refractivity contribution in [1.29, 1.82) is 0 Å². The van der Waals surface area contributed by atoms with Gasteiger partial charge in [0, 0.05) is 24.2 Å². The highest BCUT2D eigenvalue weighted by Crippen LogP contribution is 2.36. The van der Waals surface area contributed by atoms with Crippen LogP contribution in [0.4, 0.5) is 0 Å². The molecule has 23 heavy (non-hydrogen) atoms. The molecule has 0 radical (unpaired) electrons. The molecule has 6 nitrogen and oxygen atoms in total.